The molecule has 0 saturated carbocycles. The quantitative estimate of drug-likeness (QED) is 0.805. The molecule has 0 spiro atoms. The first-order valence-corrected chi connectivity index (χ1v) is 10.9. The summed E-state index contributed by atoms with van der Waals surface area (Å²) in [5.41, 5.74) is 2.25. The number of nitrogens with zero attached hydrogens (tertiary/aromatic N) is 1. The summed E-state index contributed by atoms with van der Waals surface area (Å²) in [6.07, 6.45) is 1.92. The molecular weight excluding hydrogens is 376 g/mol. The second kappa shape index (κ2) is 8.32. The third kappa shape index (κ3) is 4.36. The summed E-state index contributed by atoms with van der Waals surface area (Å²) in [4.78, 5) is 14.6. The number of methoxy groups -OCH3 is 1. The average Bonchev–Trinajstić information content (AvgIpc) is 3.21. The molecule has 1 heterocycles. The summed E-state index contributed by atoms with van der Waals surface area (Å²) in [5.74, 6) is 0.181. The Kier molecular flexibility index (Phi) is 6.05. The van der Waals surface area contributed by atoms with Gasteiger partial charge in [-0.1, -0.05) is 29.8 Å². The Bertz CT molecular complexity index is 949. The molecule has 0 bridgehead atoms. The highest BCUT2D eigenvalue weighted by Gasteiger charge is 2.26. The molecule has 1 saturated heterocycles. The SMILES string of the molecule is COc1ccc(S(=O)(=O)N[C@@H](C)c2ccc(C)cc2)cc1C(=O)N1CCCC1. The van der Waals surface area contributed by atoms with Crippen LogP contribution in [0, 0.1) is 6.92 Å². The smallest absolute Gasteiger partial charge is 0.257 e. The number of likely N-dealkylation sites (tertiary alicyclic amines) is 1. The molecule has 1 N–H and O–H groups in total. The number of rotatable bonds is 6. The van der Waals surface area contributed by atoms with Gasteiger partial charge in [0.05, 0.1) is 17.6 Å². The topological polar surface area (TPSA) is 75.7 Å². The van der Waals surface area contributed by atoms with Crippen LogP contribution in [0.15, 0.2) is 47.4 Å². The fraction of sp³-hybridized carbons (Fsp3) is 0.381. The molecule has 6 nitrogen and oxygen atoms in total. The van der Waals surface area contributed by atoms with Gasteiger partial charge in [-0.2, -0.15) is 0 Å². The van der Waals surface area contributed by atoms with Crippen molar-refractivity contribution in [1.82, 2.24) is 9.62 Å². The lowest BCUT2D eigenvalue weighted by atomic mass is 10.1. The number of carbonyl (C=O) groups is 1. The monoisotopic (exact) mass is 402 g/mol. The average molecular weight is 403 g/mol. The zero-order valence-electron chi connectivity index (χ0n) is 16.4. The molecule has 1 amide bonds. The van der Waals surface area contributed by atoms with Crippen LogP contribution in [0.5, 0.6) is 5.75 Å². The first-order valence-electron chi connectivity index (χ1n) is 9.38. The van der Waals surface area contributed by atoms with Gasteiger partial charge in [-0.05, 0) is 50.5 Å². The van der Waals surface area contributed by atoms with Crippen molar-refractivity contribution in [3.63, 3.8) is 0 Å². The molecule has 2 aromatic carbocycles. The van der Waals surface area contributed by atoms with E-state index in [-0.39, 0.29) is 16.4 Å². The number of aryl methyl sites for hydroxylation is 1. The van der Waals surface area contributed by atoms with Crippen molar-refractivity contribution in [3.05, 3.63) is 59.2 Å². The number of ether oxygens (including phenoxy) is 1. The third-order valence-corrected chi connectivity index (χ3v) is 6.55. The van der Waals surface area contributed by atoms with E-state index in [1.807, 2.05) is 31.2 Å². The number of benzene rings is 2. The first kappa shape index (κ1) is 20.4. The summed E-state index contributed by atoms with van der Waals surface area (Å²) < 4.78 is 33.8. The molecule has 7 heteroatoms. The van der Waals surface area contributed by atoms with Gasteiger partial charge in [0.25, 0.3) is 5.91 Å². The summed E-state index contributed by atoms with van der Waals surface area (Å²) in [5, 5.41) is 0. The van der Waals surface area contributed by atoms with Crippen molar-refractivity contribution < 1.29 is 17.9 Å². The number of hydrogen-bond acceptors (Lipinski definition) is 4. The lowest BCUT2D eigenvalue weighted by Crippen LogP contribution is -2.29. The van der Waals surface area contributed by atoms with Gasteiger partial charge >= 0.3 is 0 Å². The second-order valence-electron chi connectivity index (χ2n) is 7.12. The minimum atomic E-state index is -3.80. The zero-order chi connectivity index (χ0) is 20.3. The van der Waals surface area contributed by atoms with Crippen molar-refractivity contribution in [1.29, 1.82) is 0 Å². The molecule has 1 aliphatic heterocycles. The van der Waals surface area contributed by atoms with Crippen molar-refractivity contribution >= 4 is 15.9 Å². The van der Waals surface area contributed by atoms with E-state index in [1.54, 1.807) is 11.8 Å². The zero-order valence-corrected chi connectivity index (χ0v) is 17.3. The highest BCUT2D eigenvalue weighted by Crippen LogP contribution is 2.26. The van der Waals surface area contributed by atoms with E-state index in [0.717, 1.165) is 24.0 Å². The maximum Gasteiger partial charge on any atom is 0.257 e. The van der Waals surface area contributed by atoms with E-state index in [9.17, 15) is 13.2 Å². The molecule has 3 rings (SSSR count). The van der Waals surface area contributed by atoms with Crippen molar-refractivity contribution in [2.75, 3.05) is 20.2 Å². The Balaban J connectivity index is 1.87. The molecule has 0 aliphatic carbocycles. The van der Waals surface area contributed by atoms with Crippen LogP contribution in [-0.4, -0.2) is 39.4 Å². The Morgan fingerprint density at radius 3 is 2.36 bits per heavy atom. The predicted octanol–water partition coefficient (Wildman–Crippen LogP) is 3.28. The second-order valence-corrected chi connectivity index (χ2v) is 8.83. The van der Waals surface area contributed by atoms with Crippen LogP contribution in [0.25, 0.3) is 0 Å². The molecule has 1 atom stereocenters. The van der Waals surface area contributed by atoms with Crippen LogP contribution in [0.3, 0.4) is 0 Å². The minimum absolute atomic E-state index is 0.0507. The highest BCUT2D eigenvalue weighted by atomic mass is 32.2. The van der Waals surface area contributed by atoms with Gasteiger partial charge in [-0.15, -0.1) is 0 Å². The lowest BCUT2D eigenvalue weighted by Gasteiger charge is -2.19. The van der Waals surface area contributed by atoms with Crippen LogP contribution in [0.4, 0.5) is 0 Å². The number of amides is 1. The molecule has 1 fully saturated rings. The van der Waals surface area contributed by atoms with Crippen LogP contribution < -0.4 is 9.46 Å². The predicted molar refractivity (Wildman–Crippen MR) is 108 cm³/mol. The summed E-state index contributed by atoms with van der Waals surface area (Å²) in [6, 6.07) is 11.7. The third-order valence-electron chi connectivity index (χ3n) is 5.01. The van der Waals surface area contributed by atoms with Gasteiger partial charge in [-0.25, -0.2) is 13.1 Å². The molecule has 0 unspecified atom stereocenters. The largest absolute Gasteiger partial charge is 0.496 e. The van der Waals surface area contributed by atoms with E-state index in [4.69, 9.17) is 4.74 Å². The van der Waals surface area contributed by atoms with Crippen molar-refractivity contribution in [2.45, 2.75) is 37.6 Å². The van der Waals surface area contributed by atoms with Crippen LogP contribution >= 0.6 is 0 Å². The van der Waals surface area contributed by atoms with Gasteiger partial charge in [0.2, 0.25) is 10.0 Å². The molecule has 0 radical (unpaired) electrons. The van der Waals surface area contributed by atoms with E-state index >= 15 is 0 Å². The number of sulfonamides is 1. The van der Waals surface area contributed by atoms with E-state index < -0.39 is 16.1 Å². The van der Waals surface area contributed by atoms with Gasteiger partial charge in [0.1, 0.15) is 5.75 Å². The van der Waals surface area contributed by atoms with Gasteiger partial charge in [0, 0.05) is 19.1 Å². The van der Waals surface area contributed by atoms with Crippen molar-refractivity contribution in [2.24, 2.45) is 0 Å². The Morgan fingerprint density at radius 2 is 1.75 bits per heavy atom. The van der Waals surface area contributed by atoms with Gasteiger partial charge < -0.3 is 9.64 Å². The number of nitrogens with one attached hydrogen (secondary N) is 1. The molecule has 0 aromatic heterocycles. The van der Waals surface area contributed by atoms with Gasteiger partial charge in [-0.3, -0.25) is 4.79 Å². The Hall–Kier alpha value is -2.38. The van der Waals surface area contributed by atoms with E-state index in [0.29, 0.717) is 18.8 Å². The molecule has 150 valence electrons. The number of carbonyl (C=O) groups excluding carboxylic acids is 1. The van der Waals surface area contributed by atoms with Crippen molar-refractivity contribution in [3.8, 4) is 5.75 Å². The maximum atomic E-state index is 12.9. The first-order chi connectivity index (χ1) is 13.3. The summed E-state index contributed by atoms with van der Waals surface area (Å²) in [6.45, 7) is 5.14. The minimum Gasteiger partial charge on any atom is -0.496 e. The molecular formula is C21H26N2O4S. The standard InChI is InChI=1S/C21H26N2O4S/c1-15-6-8-17(9-7-15)16(2)22-28(25,26)18-10-11-20(27-3)19(14-18)21(24)23-12-4-5-13-23/h6-11,14,16,22H,4-5,12-13H2,1-3H3/t16-/m0/s1. The Labute approximate surface area is 166 Å². The summed E-state index contributed by atoms with van der Waals surface area (Å²) in [7, 11) is -2.32. The van der Waals surface area contributed by atoms with Crippen LogP contribution in [0.2, 0.25) is 0 Å². The summed E-state index contributed by atoms with van der Waals surface area (Å²) >= 11 is 0. The van der Waals surface area contributed by atoms with E-state index in [1.165, 1.54) is 25.3 Å². The fourth-order valence-electron chi connectivity index (χ4n) is 3.34. The van der Waals surface area contributed by atoms with Gasteiger partial charge in [0.15, 0.2) is 0 Å². The number of hydrogen-bond donors (Lipinski definition) is 1. The molecule has 1 aliphatic rings. The highest BCUT2D eigenvalue weighted by molar-refractivity contribution is 7.89. The molecule has 2 aromatic rings. The van der Waals surface area contributed by atoms with Crippen LogP contribution in [0.1, 0.15) is 47.3 Å². The lowest BCUT2D eigenvalue weighted by molar-refractivity contribution is 0.0789. The maximum absolute atomic E-state index is 12.9. The fourth-order valence-corrected chi connectivity index (χ4v) is 4.59. The van der Waals surface area contributed by atoms with Crippen LogP contribution in [-0.2, 0) is 10.0 Å². The molecule has 28 heavy (non-hydrogen) atoms. The van der Waals surface area contributed by atoms with E-state index in [2.05, 4.69) is 4.72 Å². The Morgan fingerprint density at radius 1 is 1.11 bits per heavy atom. The normalized spacial score (nSPS) is 15.5.